The fraction of sp³-hybridized carbons (Fsp3) is 0.158. The van der Waals surface area contributed by atoms with Gasteiger partial charge in [0.15, 0.2) is 0 Å². The van der Waals surface area contributed by atoms with Crippen LogP contribution in [0.25, 0.3) is 10.9 Å². The highest BCUT2D eigenvalue weighted by Gasteiger charge is 2.09. The Balaban J connectivity index is 1.97. The summed E-state index contributed by atoms with van der Waals surface area (Å²) in [6.07, 6.45) is 0. The van der Waals surface area contributed by atoms with Crippen LogP contribution < -0.4 is 10.2 Å². The van der Waals surface area contributed by atoms with E-state index < -0.39 is 5.82 Å². The molecule has 120 valence electrons. The zero-order chi connectivity index (χ0) is 17.1. The van der Waals surface area contributed by atoms with Crippen molar-refractivity contribution in [3.05, 3.63) is 65.5 Å². The minimum absolute atomic E-state index is 0.293. The maximum atomic E-state index is 13.3. The second-order valence-corrected chi connectivity index (χ2v) is 5.71. The number of nitrogens with zero attached hydrogens (tertiary/aromatic N) is 3. The molecule has 2 aromatic carbocycles. The number of para-hydroxylation sites is 1. The van der Waals surface area contributed by atoms with Crippen molar-refractivity contribution in [1.29, 1.82) is 5.26 Å². The van der Waals surface area contributed by atoms with Gasteiger partial charge in [0.25, 0.3) is 0 Å². The molecule has 0 atom stereocenters. The zero-order valence-corrected chi connectivity index (χ0v) is 13.5. The lowest BCUT2D eigenvalue weighted by atomic mass is 10.1. The lowest BCUT2D eigenvalue weighted by Crippen LogP contribution is -2.12. The molecule has 5 heteroatoms. The summed E-state index contributed by atoms with van der Waals surface area (Å²) < 4.78 is 13.3. The van der Waals surface area contributed by atoms with E-state index in [4.69, 9.17) is 5.26 Å². The Morgan fingerprint density at radius 2 is 1.96 bits per heavy atom. The molecule has 0 aliphatic carbocycles. The number of benzene rings is 2. The number of fused-ring (bicyclic) bond motifs is 1. The Bertz CT molecular complexity index is 928. The Kier molecular flexibility index (Phi) is 4.30. The Hall–Kier alpha value is -3.13. The molecule has 24 heavy (non-hydrogen) atoms. The normalized spacial score (nSPS) is 10.4. The van der Waals surface area contributed by atoms with E-state index in [1.54, 1.807) is 6.07 Å². The highest BCUT2D eigenvalue weighted by atomic mass is 19.1. The first-order valence-corrected chi connectivity index (χ1v) is 7.58. The number of hydrogen-bond donors (Lipinski definition) is 1. The lowest BCUT2D eigenvalue weighted by molar-refractivity contribution is 0.627. The molecule has 4 nitrogen and oxygen atoms in total. The first-order valence-electron chi connectivity index (χ1n) is 7.58. The maximum absolute atomic E-state index is 13.3. The van der Waals surface area contributed by atoms with Crippen LogP contribution in [0.3, 0.4) is 0 Å². The summed E-state index contributed by atoms with van der Waals surface area (Å²) in [5.74, 6) is 0.450. The average Bonchev–Trinajstić information content (AvgIpc) is 2.59. The summed E-state index contributed by atoms with van der Waals surface area (Å²) in [7, 11) is 3.89. The molecule has 0 aliphatic rings. The number of rotatable bonds is 4. The third-order valence-corrected chi connectivity index (χ3v) is 3.82. The summed E-state index contributed by atoms with van der Waals surface area (Å²) in [6, 6.07) is 16.1. The molecule has 1 N–H and O–H groups in total. The SMILES string of the molecule is CN(C)c1cc(CNc2ccc(F)cc2C#N)c2ccccc2n1. The molecule has 0 unspecified atom stereocenters. The molecular weight excluding hydrogens is 303 g/mol. The van der Waals surface area contributed by atoms with E-state index in [0.717, 1.165) is 22.3 Å². The van der Waals surface area contributed by atoms with Crippen molar-refractivity contribution in [2.75, 3.05) is 24.3 Å². The molecule has 3 rings (SSSR count). The summed E-state index contributed by atoms with van der Waals surface area (Å²) >= 11 is 0. The average molecular weight is 320 g/mol. The van der Waals surface area contributed by atoms with Crippen LogP contribution in [-0.4, -0.2) is 19.1 Å². The van der Waals surface area contributed by atoms with Crippen LogP contribution >= 0.6 is 0 Å². The van der Waals surface area contributed by atoms with Crippen molar-refractivity contribution in [1.82, 2.24) is 4.98 Å². The number of aromatic nitrogens is 1. The largest absolute Gasteiger partial charge is 0.380 e. The van der Waals surface area contributed by atoms with Crippen LogP contribution in [0, 0.1) is 17.1 Å². The second kappa shape index (κ2) is 6.55. The third-order valence-electron chi connectivity index (χ3n) is 3.82. The van der Waals surface area contributed by atoms with Crippen molar-refractivity contribution in [3.8, 4) is 6.07 Å². The number of pyridine rings is 1. The van der Waals surface area contributed by atoms with Crippen LogP contribution in [0.2, 0.25) is 0 Å². The fourth-order valence-corrected chi connectivity index (χ4v) is 2.56. The topological polar surface area (TPSA) is 52.0 Å². The van der Waals surface area contributed by atoms with Crippen molar-refractivity contribution in [2.24, 2.45) is 0 Å². The van der Waals surface area contributed by atoms with E-state index in [0.29, 0.717) is 17.8 Å². The summed E-state index contributed by atoms with van der Waals surface area (Å²) in [4.78, 5) is 6.58. The van der Waals surface area contributed by atoms with Crippen molar-refractivity contribution < 1.29 is 4.39 Å². The highest BCUT2D eigenvalue weighted by Crippen LogP contribution is 2.24. The van der Waals surface area contributed by atoms with Gasteiger partial charge in [-0.1, -0.05) is 18.2 Å². The smallest absolute Gasteiger partial charge is 0.129 e. The van der Waals surface area contributed by atoms with Gasteiger partial charge in [0.05, 0.1) is 16.8 Å². The molecule has 1 heterocycles. The summed E-state index contributed by atoms with van der Waals surface area (Å²) in [5.41, 5.74) is 2.89. The fourth-order valence-electron chi connectivity index (χ4n) is 2.56. The lowest BCUT2D eigenvalue weighted by Gasteiger charge is -2.16. The van der Waals surface area contributed by atoms with E-state index in [2.05, 4.69) is 10.3 Å². The quantitative estimate of drug-likeness (QED) is 0.791. The van der Waals surface area contributed by atoms with E-state index >= 15 is 0 Å². The Morgan fingerprint density at radius 1 is 1.17 bits per heavy atom. The minimum atomic E-state index is -0.415. The van der Waals surface area contributed by atoms with Crippen LogP contribution in [0.4, 0.5) is 15.9 Å². The predicted octanol–water partition coefficient (Wildman–Crippen LogP) is 3.92. The van der Waals surface area contributed by atoms with Gasteiger partial charge in [-0.15, -0.1) is 0 Å². The Labute approximate surface area is 140 Å². The Morgan fingerprint density at radius 3 is 2.71 bits per heavy atom. The van der Waals surface area contributed by atoms with Crippen molar-refractivity contribution >= 4 is 22.4 Å². The van der Waals surface area contributed by atoms with Gasteiger partial charge in [-0.05, 0) is 35.9 Å². The van der Waals surface area contributed by atoms with Crippen LogP contribution in [0.1, 0.15) is 11.1 Å². The number of anilines is 2. The predicted molar refractivity (Wildman–Crippen MR) is 94.5 cm³/mol. The molecule has 1 aromatic heterocycles. The molecule has 3 aromatic rings. The van der Waals surface area contributed by atoms with Gasteiger partial charge >= 0.3 is 0 Å². The van der Waals surface area contributed by atoms with Crippen molar-refractivity contribution in [2.45, 2.75) is 6.54 Å². The van der Waals surface area contributed by atoms with Crippen LogP contribution in [0.15, 0.2) is 48.5 Å². The van der Waals surface area contributed by atoms with Crippen LogP contribution in [0.5, 0.6) is 0 Å². The summed E-state index contributed by atoms with van der Waals surface area (Å²) in [6.45, 7) is 0.518. The molecule has 0 amide bonds. The molecule has 0 radical (unpaired) electrons. The first-order chi connectivity index (χ1) is 11.6. The maximum Gasteiger partial charge on any atom is 0.129 e. The van der Waals surface area contributed by atoms with Crippen LogP contribution in [-0.2, 0) is 6.54 Å². The van der Waals surface area contributed by atoms with Gasteiger partial charge in [-0.3, -0.25) is 0 Å². The molecule has 0 bridgehead atoms. The molecule has 0 saturated heterocycles. The number of nitriles is 1. The van der Waals surface area contributed by atoms with Crippen molar-refractivity contribution in [3.63, 3.8) is 0 Å². The third kappa shape index (κ3) is 3.13. The second-order valence-electron chi connectivity index (χ2n) is 5.71. The van der Waals surface area contributed by atoms with Gasteiger partial charge in [0, 0.05) is 26.0 Å². The van der Waals surface area contributed by atoms with Gasteiger partial charge in [-0.25, -0.2) is 9.37 Å². The standard InChI is InChI=1S/C19H17FN4/c1-24(2)19-10-14(16-5-3-4-6-18(16)23-19)12-22-17-8-7-15(20)9-13(17)11-21/h3-10,22H,12H2,1-2H3. The summed E-state index contributed by atoms with van der Waals surface area (Å²) in [5, 5.41) is 13.4. The van der Waals surface area contributed by atoms with Gasteiger partial charge in [-0.2, -0.15) is 5.26 Å². The number of nitrogens with one attached hydrogen (secondary N) is 1. The van der Waals surface area contributed by atoms with E-state index in [9.17, 15) is 4.39 Å². The van der Waals surface area contributed by atoms with E-state index in [1.165, 1.54) is 12.1 Å². The monoisotopic (exact) mass is 320 g/mol. The molecule has 0 fully saturated rings. The number of hydrogen-bond acceptors (Lipinski definition) is 4. The van der Waals surface area contributed by atoms with Gasteiger partial charge in [0.1, 0.15) is 17.7 Å². The van der Waals surface area contributed by atoms with E-state index in [1.807, 2.05) is 55.4 Å². The zero-order valence-electron chi connectivity index (χ0n) is 13.5. The van der Waals surface area contributed by atoms with Gasteiger partial charge < -0.3 is 10.2 Å². The first kappa shape index (κ1) is 15.8. The highest BCUT2D eigenvalue weighted by molar-refractivity contribution is 5.84. The van der Waals surface area contributed by atoms with Gasteiger partial charge in [0.2, 0.25) is 0 Å². The van der Waals surface area contributed by atoms with E-state index in [-0.39, 0.29) is 0 Å². The number of halogens is 1. The molecular formula is C19H17FN4. The molecule has 0 spiro atoms. The molecule has 0 aliphatic heterocycles. The molecule has 0 saturated carbocycles. The minimum Gasteiger partial charge on any atom is -0.380 e.